The first-order valence-electron chi connectivity index (χ1n) is 6.77. The number of rotatable bonds is 5. The molecule has 0 radical (unpaired) electrons. The molecule has 1 N–H and O–H groups in total. The number of nitrogens with one attached hydrogen (secondary N) is 1. The molecule has 0 fully saturated rings. The van der Waals surface area contributed by atoms with Crippen LogP contribution in [-0.4, -0.2) is 19.1 Å². The van der Waals surface area contributed by atoms with Crippen molar-refractivity contribution in [2.75, 3.05) is 7.11 Å². The summed E-state index contributed by atoms with van der Waals surface area (Å²) in [5.41, 5.74) is 3.74. The summed E-state index contributed by atoms with van der Waals surface area (Å²) in [4.78, 5) is 11.8. The summed E-state index contributed by atoms with van der Waals surface area (Å²) in [5.74, 6) is -0.00729. The topological polar surface area (TPSA) is 38.3 Å². The van der Waals surface area contributed by atoms with E-state index in [1.165, 1.54) is 23.8 Å². The Labute approximate surface area is 116 Å². The molecule has 19 heavy (non-hydrogen) atoms. The number of aryl methyl sites for hydroxylation is 2. The van der Waals surface area contributed by atoms with Gasteiger partial charge < -0.3 is 4.74 Å². The maximum atomic E-state index is 11.8. The van der Waals surface area contributed by atoms with Crippen LogP contribution in [0.4, 0.5) is 0 Å². The highest BCUT2D eigenvalue weighted by Crippen LogP contribution is 2.18. The third-order valence-electron chi connectivity index (χ3n) is 3.58. The summed E-state index contributed by atoms with van der Waals surface area (Å²) < 4.78 is 4.85. The minimum Gasteiger partial charge on any atom is -0.468 e. The smallest absolute Gasteiger partial charge is 0.323 e. The van der Waals surface area contributed by atoms with Crippen molar-refractivity contribution >= 4 is 5.97 Å². The van der Waals surface area contributed by atoms with Crippen molar-refractivity contribution in [1.82, 2.24) is 5.32 Å². The van der Waals surface area contributed by atoms with Crippen LogP contribution in [0.5, 0.6) is 0 Å². The van der Waals surface area contributed by atoms with Crippen molar-refractivity contribution in [2.45, 2.75) is 46.7 Å². The highest BCUT2D eigenvalue weighted by atomic mass is 16.5. The number of hydrogen-bond donors (Lipinski definition) is 1. The lowest BCUT2D eigenvalue weighted by molar-refractivity contribution is -0.144. The second kappa shape index (κ2) is 6.71. The summed E-state index contributed by atoms with van der Waals surface area (Å²) >= 11 is 0. The maximum Gasteiger partial charge on any atom is 0.323 e. The Kier molecular flexibility index (Phi) is 5.55. The number of benzene rings is 1. The minimum absolute atomic E-state index is 0.116. The molecule has 0 aliphatic carbocycles. The van der Waals surface area contributed by atoms with Gasteiger partial charge >= 0.3 is 5.97 Å². The Morgan fingerprint density at radius 2 is 1.79 bits per heavy atom. The van der Waals surface area contributed by atoms with Gasteiger partial charge in [-0.05, 0) is 43.4 Å². The van der Waals surface area contributed by atoms with Crippen molar-refractivity contribution in [3.63, 3.8) is 0 Å². The second-order valence-corrected chi connectivity index (χ2v) is 5.48. The quantitative estimate of drug-likeness (QED) is 0.829. The Bertz CT molecular complexity index is 440. The van der Waals surface area contributed by atoms with Gasteiger partial charge in [0.05, 0.1) is 7.11 Å². The van der Waals surface area contributed by atoms with Crippen molar-refractivity contribution in [2.24, 2.45) is 5.92 Å². The van der Waals surface area contributed by atoms with Gasteiger partial charge in [-0.15, -0.1) is 0 Å². The van der Waals surface area contributed by atoms with Crippen molar-refractivity contribution < 1.29 is 9.53 Å². The standard InChI is InChI=1S/C16H25NO2/c1-10(2)15(16(18)19-6)17-13(5)14-8-7-11(3)12(4)9-14/h7-10,13,15,17H,1-6H3/t13?,15-/m0/s1. The average Bonchev–Trinajstić information content (AvgIpc) is 2.37. The third kappa shape index (κ3) is 4.06. The van der Waals surface area contributed by atoms with Crippen LogP contribution in [0.1, 0.15) is 43.5 Å². The number of carbonyl (C=O) groups excluding carboxylic acids is 1. The van der Waals surface area contributed by atoms with Crippen molar-refractivity contribution in [3.8, 4) is 0 Å². The van der Waals surface area contributed by atoms with Gasteiger partial charge in [0, 0.05) is 6.04 Å². The van der Waals surface area contributed by atoms with Gasteiger partial charge in [-0.25, -0.2) is 0 Å². The van der Waals surface area contributed by atoms with E-state index < -0.39 is 0 Å². The monoisotopic (exact) mass is 263 g/mol. The molecule has 1 aromatic rings. The maximum absolute atomic E-state index is 11.8. The van der Waals surface area contributed by atoms with E-state index in [-0.39, 0.29) is 24.0 Å². The third-order valence-corrected chi connectivity index (χ3v) is 3.58. The molecule has 0 saturated heterocycles. The van der Waals surface area contributed by atoms with E-state index >= 15 is 0 Å². The second-order valence-electron chi connectivity index (χ2n) is 5.48. The summed E-state index contributed by atoms with van der Waals surface area (Å²) in [6, 6.07) is 6.23. The molecule has 0 heterocycles. The summed E-state index contributed by atoms with van der Waals surface area (Å²) in [6.07, 6.45) is 0. The van der Waals surface area contributed by atoms with Crippen LogP contribution in [-0.2, 0) is 9.53 Å². The Morgan fingerprint density at radius 3 is 2.26 bits per heavy atom. The van der Waals surface area contributed by atoms with Gasteiger partial charge in [0.1, 0.15) is 6.04 Å². The van der Waals surface area contributed by atoms with E-state index in [0.717, 1.165) is 0 Å². The van der Waals surface area contributed by atoms with Crippen molar-refractivity contribution in [3.05, 3.63) is 34.9 Å². The summed E-state index contributed by atoms with van der Waals surface area (Å²) in [6.45, 7) is 10.3. The molecular weight excluding hydrogens is 238 g/mol. The van der Waals surface area contributed by atoms with Gasteiger partial charge in [0.25, 0.3) is 0 Å². The van der Waals surface area contributed by atoms with Crippen LogP contribution in [0.2, 0.25) is 0 Å². The molecule has 0 spiro atoms. The van der Waals surface area contributed by atoms with Gasteiger partial charge in [-0.1, -0.05) is 32.0 Å². The first kappa shape index (κ1) is 15.7. The average molecular weight is 263 g/mol. The summed E-state index contributed by atoms with van der Waals surface area (Å²) in [5, 5.41) is 3.36. The molecule has 0 amide bonds. The largest absolute Gasteiger partial charge is 0.468 e. The molecule has 0 aliphatic rings. The molecule has 2 atom stereocenters. The number of carbonyl (C=O) groups is 1. The molecule has 1 rings (SSSR count). The van der Waals surface area contributed by atoms with Crippen molar-refractivity contribution in [1.29, 1.82) is 0 Å². The van der Waals surface area contributed by atoms with Crippen LogP contribution >= 0.6 is 0 Å². The fourth-order valence-electron chi connectivity index (χ4n) is 2.06. The van der Waals surface area contributed by atoms with E-state index in [4.69, 9.17) is 4.74 Å². The number of methoxy groups -OCH3 is 1. The SMILES string of the molecule is COC(=O)[C@@H](NC(C)c1ccc(C)c(C)c1)C(C)C. The molecule has 0 saturated carbocycles. The van der Waals surface area contributed by atoms with Gasteiger partial charge in [-0.2, -0.15) is 0 Å². The van der Waals surface area contributed by atoms with Crippen LogP contribution in [0.15, 0.2) is 18.2 Å². The number of hydrogen-bond acceptors (Lipinski definition) is 3. The first-order valence-corrected chi connectivity index (χ1v) is 6.77. The highest BCUT2D eigenvalue weighted by molar-refractivity contribution is 5.76. The zero-order valence-electron chi connectivity index (χ0n) is 12.8. The molecule has 0 aromatic heterocycles. The molecular formula is C16H25NO2. The zero-order chi connectivity index (χ0) is 14.6. The van der Waals surface area contributed by atoms with E-state index in [1.807, 2.05) is 13.8 Å². The fraction of sp³-hybridized carbons (Fsp3) is 0.562. The van der Waals surface area contributed by atoms with Crippen LogP contribution < -0.4 is 5.32 Å². The van der Waals surface area contributed by atoms with E-state index in [1.54, 1.807) is 0 Å². The fourth-order valence-corrected chi connectivity index (χ4v) is 2.06. The lowest BCUT2D eigenvalue weighted by Gasteiger charge is -2.25. The number of ether oxygens (including phenoxy) is 1. The Balaban J connectivity index is 2.84. The molecule has 1 unspecified atom stereocenters. The van der Waals surface area contributed by atoms with Gasteiger partial charge in [0.15, 0.2) is 0 Å². The zero-order valence-corrected chi connectivity index (χ0v) is 12.8. The molecule has 0 bridgehead atoms. The van der Waals surface area contributed by atoms with E-state index in [9.17, 15) is 4.79 Å². The Hall–Kier alpha value is -1.35. The van der Waals surface area contributed by atoms with E-state index in [0.29, 0.717) is 0 Å². The molecule has 106 valence electrons. The Morgan fingerprint density at radius 1 is 1.16 bits per heavy atom. The minimum atomic E-state index is -0.276. The van der Waals surface area contributed by atoms with Crippen LogP contribution in [0.25, 0.3) is 0 Å². The highest BCUT2D eigenvalue weighted by Gasteiger charge is 2.24. The van der Waals surface area contributed by atoms with Gasteiger partial charge in [0.2, 0.25) is 0 Å². The molecule has 0 aliphatic heterocycles. The van der Waals surface area contributed by atoms with Gasteiger partial charge in [-0.3, -0.25) is 10.1 Å². The lowest BCUT2D eigenvalue weighted by Crippen LogP contribution is -2.42. The summed E-state index contributed by atoms with van der Waals surface area (Å²) in [7, 11) is 1.43. The predicted molar refractivity (Wildman–Crippen MR) is 78.1 cm³/mol. The lowest BCUT2D eigenvalue weighted by atomic mass is 9.99. The predicted octanol–water partition coefficient (Wildman–Crippen LogP) is 3.15. The molecule has 3 nitrogen and oxygen atoms in total. The molecule has 1 aromatic carbocycles. The number of esters is 1. The van der Waals surface area contributed by atoms with Crippen LogP contribution in [0, 0.1) is 19.8 Å². The molecule has 3 heteroatoms. The van der Waals surface area contributed by atoms with Crippen LogP contribution in [0.3, 0.4) is 0 Å². The normalized spacial score (nSPS) is 14.3. The first-order chi connectivity index (χ1) is 8.86. The van der Waals surface area contributed by atoms with E-state index in [2.05, 4.69) is 44.3 Å².